The van der Waals surface area contributed by atoms with Crippen LogP contribution in [0.1, 0.15) is 25.7 Å². The fraction of sp³-hybridized carbons (Fsp3) is 0.500. The third-order valence-electron chi connectivity index (χ3n) is 3.67. The lowest BCUT2D eigenvalue weighted by Gasteiger charge is -2.25. The van der Waals surface area contributed by atoms with Crippen molar-refractivity contribution in [1.82, 2.24) is 4.37 Å². The molecule has 18 heavy (non-hydrogen) atoms. The van der Waals surface area contributed by atoms with Crippen molar-refractivity contribution in [2.45, 2.75) is 31.7 Å². The molecule has 2 aromatic rings. The molecule has 3 rings (SSSR count). The van der Waals surface area contributed by atoms with E-state index in [2.05, 4.69) is 33.5 Å². The average molecular weight is 281 g/mol. The topological polar surface area (TPSA) is 16.1 Å². The summed E-state index contributed by atoms with van der Waals surface area (Å²) in [4.78, 5) is 2.55. The molecule has 0 amide bonds. The largest absolute Gasteiger partial charge is 0.359 e. The number of aromatic nitrogens is 1. The molecule has 0 saturated carbocycles. The summed E-state index contributed by atoms with van der Waals surface area (Å²) in [5, 5.41) is 2.66. The Bertz CT molecular complexity index is 525. The van der Waals surface area contributed by atoms with E-state index in [1.54, 1.807) is 11.5 Å². The van der Waals surface area contributed by atoms with Gasteiger partial charge in [-0.15, -0.1) is 11.6 Å². The Morgan fingerprint density at radius 1 is 1.39 bits per heavy atom. The van der Waals surface area contributed by atoms with Crippen molar-refractivity contribution < 1.29 is 0 Å². The molecule has 0 aliphatic carbocycles. The highest BCUT2D eigenvalue weighted by atomic mass is 35.5. The van der Waals surface area contributed by atoms with E-state index < -0.39 is 0 Å². The molecule has 0 radical (unpaired) electrons. The minimum Gasteiger partial charge on any atom is -0.359 e. The van der Waals surface area contributed by atoms with E-state index in [1.807, 2.05) is 0 Å². The zero-order chi connectivity index (χ0) is 12.4. The van der Waals surface area contributed by atoms with Crippen LogP contribution < -0.4 is 4.90 Å². The Morgan fingerprint density at radius 2 is 2.28 bits per heavy atom. The second kappa shape index (κ2) is 5.45. The van der Waals surface area contributed by atoms with Gasteiger partial charge < -0.3 is 4.90 Å². The van der Waals surface area contributed by atoms with Gasteiger partial charge in [0.15, 0.2) is 0 Å². The average Bonchev–Trinajstić information content (AvgIpc) is 3.02. The van der Waals surface area contributed by atoms with Crippen LogP contribution in [0.15, 0.2) is 24.3 Å². The smallest absolute Gasteiger partial charge is 0.120 e. The van der Waals surface area contributed by atoms with Gasteiger partial charge in [-0.2, -0.15) is 4.37 Å². The van der Waals surface area contributed by atoms with Gasteiger partial charge in [0, 0.05) is 23.9 Å². The quantitative estimate of drug-likeness (QED) is 0.777. The Morgan fingerprint density at radius 3 is 3.17 bits per heavy atom. The number of halogens is 1. The monoisotopic (exact) mass is 280 g/mol. The maximum Gasteiger partial charge on any atom is 0.120 e. The molecule has 1 saturated heterocycles. The highest BCUT2D eigenvalue weighted by Crippen LogP contribution is 2.36. The number of fused-ring (bicyclic) bond motifs is 1. The molecule has 0 N–H and O–H groups in total. The molecule has 0 spiro atoms. The zero-order valence-electron chi connectivity index (χ0n) is 10.3. The van der Waals surface area contributed by atoms with E-state index >= 15 is 0 Å². The minimum absolute atomic E-state index is 0.660. The molecular formula is C14H17ClN2S. The van der Waals surface area contributed by atoms with Gasteiger partial charge in [-0.1, -0.05) is 12.1 Å². The van der Waals surface area contributed by atoms with Crippen LogP contribution in [-0.2, 0) is 0 Å². The van der Waals surface area contributed by atoms with Crippen LogP contribution in [-0.4, -0.2) is 22.8 Å². The van der Waals surface area contributed by atoms with Crippen LogP contribution in [0, 0.1) is 0 Å². The van der Waals surface area contributed by atoms with Crippen molar-refractivity contribution in [3.05, 3.63) is 24.3 Å². The van der Waals surface area contributed by atoms with Gasteiger partial charge in [-0.05, 0) is 49.3 Å². The van der Waals surface area contributed by atoms with Gasteiger partial charge in [0.25, 0.3) is 0 Å². The van der Waals surface area contributed by atoms with Crippen molar-refractivity contribution in [1.29, 1.82) is 0 Å². The number of benzene rings is 1. The standard InChI is InChI=1S/C14H17ClN2S/c15-9-3-5-11-6-4-10-17(11)14-12-7-1-2-8-13(12)16-18-14/h1-2,7-8,11H,3-6,9-10H2. The third kappa shape index (κ3) is 2.21. The summed E-state index contributed by atoms with van der Waals surface area (Å²) < 4.78 is 4.55. The Hall–Kier alpha value is -0.800. The lowest BCUT2D eigenvalue weighted by molar-refractivity contribution is 0.605. The highest BCUT2D eigenvalue weighted by Gasteiger charge is 2.26. The van der Waals surface area contributed by atoms with Crippen LogP contribution >= 0.6 is 23.1 Å². The first-order chi connectivity index (χ1) is 8.90. The van der Waals surface area contributed by atoms with E-state index in [1.165, 1.54) is 36.2 Å². The molecule has 1 unspecified atom stereocenters. The first-order valence-electron chi connectivity index (χ1n) is 6.57. The normalized spacial score (nSPS) is 19.8. The van der Waals surface area contributed by atoms with E-state index in [0.29, 0.717) is 6.04 Å². The van der Waals surface area contributed by atoms with Crippen LogP contribution in [0.4, 0.5) is 5.00 Å². The predicted octanol–water partition coefficient (Wildman–Crippen LogP) is 4.28. The zero-order valence-corrected chi connectivity index (χ0v) is 11.9. The van der Waals surface area contributed by atoms with Crippen molar-refractivity contribution in [2.24, 2.45) is 0 Å². The van der Waals surface area contributed by atoms with Gasteiger partial charge >= 0.3 is 0 Å². The maximum atomic E-state index is 5.82. The molecule has 0 bridgehead atoms. The summed E-state index contributed by atoms with van der Waals surface area (Å²) in [7, 11) is 0. The molecule has 4 heteroatoms. The van der Waals surface area contributed by atoms with Crippen LogP contribution in [0.2, 0.25) is 0 Å². The number of rotatable bonds is 4. The van der Waals surface area contributed by atoms with Gasteiger partial charge in [-0.3, -0.25) is 0 Å². The fourth-order valence-corrected chi connectivity index (χ4v) is 3.91. The van der Waals surface area contributed by atoms with Crippen molar-refractivity contribution in [2.75, 3.05) is 17.3 Å². The van der Waals surface area contributed by atoms with Crippen molar-refractivity contribution in [3.8, 4) is 0 Å². The van der Waals surface area contributed by atoms with Crippen LogP contribution in [0.5, 0.6) is 0 Å². The summed E-state index contributed by atoms with van der Waals surface area (Å²) in [6.07, 6.45) is 4.90. The molecule has 96 valence electrons. The Kier molecular flexibility index (Phi) is 3.71. The first-order valence-corrected chi connectivity index (χ1v) is 7.88. The van der Waals surface area contributed by atoms with Gasteiger partial charge in [0.1, 0.15) is 5.00 Å². The lowest BCUT2D eigenvalue weighted by Crippen LogP contribution is -2.28. The molecule has 2 nitrogen and oxygen atoms in total. The second-order valence-corrected chi connectivity index (χ2v) is 5.96. The molecule has 1 aliphatic rings. The molecule has 1 aliphatic heterocycles. The number of anilines is 1. The second-order valence-electron chi connectivity index (χ2n) is 4.83. The number of hydrogen-bond acceptors (Lipinski definition) is 3. The molecular weight excluding hydrogens is 264 g/mol. The Labute approximate surface area is 117 Å². The molecule has 2 heterocycles. The molecule has 1 atom stereocenters. The van der Waals surface area contributed by atoms with Crippen molar-refractivity contribution in [3.63, 3.8) is 0 Å². The summed E-state index contributed by atoms with van der Waals surface area (Å²) in [6, 6.07) is 9.10. The van der Waals surface area contributed by atoms with Gasteiger partial charge in [0.05, 0.1) is 5.52 Å². The highest BCUT2D eigenvalue weighted by molar-refractivity contribution is 7.11. The summed E-state index contributed by atoms with van der Waals surface area (Å²) in [5.41, 5.74) is 1.13. The predicted molar refractivity (Wildman–Crippen MR) is 79.9 cm³/mol. The first kappa shape index (κ1) is 12.2. The summed E-state index contributed by atoms with van der Waals surface area (Å²) in [5.74, 6) is 0.772. The van der Waals surface area contributed by atoms with E-state index in [9.17, 15) is 0 Å². The number of hydrogen-bond donors (Lipinski definition) is 0. The molecule has 1 aromatic heterocycles. The van der Waals surface area contributed by atoms with Crippen LogP contribution in [0.3, 0.4) is 0 Å². The lowest BCUT2D eigenvalue weighted by atomic mass is 10.1. The van der Waals surface area contributed by atoms with Crippen LogP contribution in [0.25, 0.3) is 10.9 Å². The maximum absolute atomic E-state index is 5.82. The Balaban J connectivity index is 1.88. The molecule has 1 fully saturated rings. The summed E-state index contributed by atoms with van der Waals surface area (Å²) >= 11 is 7.46. The van der Waals surface area contributed by atoms with Crippen molar-refractivity contribution >= 4 is 39.0 Å². The summed E-state index contributed by atoms with van der Waals surface area (Å²) in [6.45, 7) is 1.17. The number of alkyl halides is 1. The third-order valence-corrected chi connectivity index (χ3v) is 4.86. The van der Waals surface area contributed by atoms with Gasteiger partial charge in [-0.25, -0.2) is 0 Å². The van der Waals surface area contributed by atoms with Gasteiger partial charge in [0.2, 0.25) is 0 Å². The van der Waals surface area contributed by atoms with E-state index in [0.717, 1.165) is 17.8 Å². The fourth-order valence-electron chi connectivity index (χ4n) is 2.80. The van der Waals surface area contributed by atoms with E-state index in [4.69, 9.17) is 11.6 Å². The molecule has 1 aromatic carbocycles. The SMILES string of the molecule is ClCCCC1CCCN1c1snc2ccccc12. The number of nitrogens with zero attached hydrogens (tertiary/aromatic N) is 2. The minimum atomic E-state index is 0.660. The van der Waals surface area contributed by atoms with E-state index in [-0.39, 0.29) is 0 Å².